The maximum absolute atomic E-state index is 11.7. The largest absolute Gasteiger partial charge is 0.350 e. The van der Waals surface area contributed by atoms with Crippen LogP contribution in [0, 0.1) is 0 Å². The van der Waals surface area contributed by atoms with Gasteiger partial charge >= 0.3 is 0 Å². The van der Waals surface area contributed by atoms with E-state index in [9.17, 15) is 4.79 Å². The van der Waals surface area contributed by atoms with Gasteiger partial charge in [-0.05, 0) is 12.1 Å². The second-order valence-corrected chi connectivity index (χ2v) is 4.94. The Kier molecular flexibility index (Phi) is 3.24. The summed E-state index contributed by atoms with van der Waals surface area (Å²) < 4.78 is 0. The topological polar surface area (TPSA) is 70.7 Å². The Bertz CT molecular complexity index is 657. The van der Waals surface area contributed by atoms with Crippen molar-refractivity contribution in [3.63, 3.8) is 0 Å². The number of fused-ring (bicyclic) bond motifs is 1. The number of aromatic nitrogens is 3. The van der Waals surface area contributed by atoms with Crippen LogP contribution in [-0.2, 0) is 6.42 Å². The molecule has 19 heavy (non-hydrogen) atoms. The van der Waals surface area contributed by atoms with E-state index < -0.39 is 0 Å². The molecule has 0 saturated heterocycles. The van der Waals surface area contributed by atoms with Gasteiger partial charge in [-0.1, -0.05) is 12.1 Å². The van der Waals surface area contributed by atoms with Crippen molar-refractivity contribution in [1.82, 2.24) is 20.3 Å². The predicted molar refractivity (Wildman–Crippen MR) is 74.2 cm³/mol. The number of hydrogen-bond donors (Lipinski definition) is 2. The summed E-state index contributed by atoms with van der Waals surface area (Å²) in [4.78, 5) is 23.3. The highest BCUT2D eigenvalue weighted by Crippen LogP contribution is 2.10. The van der Waals surface area contributed by atoms with Gasteiger partial charge in [0.1, 0.15) is 5.82 Å². The molecule has 1 amide bonds. The van der Waals surface area contributed by atoms with E-state index in [0.29, 0.717) is 18.0 Å². The standard InChI is InChI=1S/C13H12N4OS/c18-12(13-15-7-8-19-13)14-6-5-11-16-9-3-1-2-4-10(9)17-11/h1-4,7-8H,5-6H2,(H,14,18)(H,16,17). The Morgan fingerprint density at radius 1 is 1.37 bits per heavy atom. The van der Waals surface area contributed by atoms with Crippen molar-refractivity contribution in [2.45, 2.75) is 6.42 Å². The van der Waals surface area contributed by atoms with Crippen molar-refractivity contribution in [1.29, 1.82) is 0 Å². The van der Waals surface area contributed by atoms with Crippen molar-refractivity contribution in [2.75, 3.05) is 6.54 Å². The highest BCUT2D eigenvalue weighted by atomic mass is 32.1. The van der Waals surface area contributed by atoms with Crippen molar-refractivity contribution < 1.29 is 4.79 Å². The Labute approximate surface area is 113 Å². The highest BCUT2D eigenvalue weighted by molar-refractivity contribution is 7.11. The van der Waals surface area contributed by atoms with Gasteiger partial charge in [-0.3, -0.25) is 4.79 Å². The number of aromatic amines is 1. The van der Waals surface area contributed by atoms with Crippen molar-refractivity contribution >= 4 is 28.3 Å². The summed E-state index contributed by atoms with van der Waals surface area (Å²) in [5.74, 6) is 0.742. The minimum Gasteiger partial charge on any atom is -0.350 e. The van der Waals surface area contributed by atoms with Crippen LogP contribution >= 0.6 is 11.3 Å². The van der Waals surface area contributed by atoms with Gasteiger partial charge in [-0.2, -0.15) is 0 Å². The smallest absolute Gasteiger partial charge is 0.280 e. The lowest BCUT2D eigenvalue weighted by molar-refractivity contribution is 0.0953. The van der Waals surface area contributed by atoms with Crippen LogP contribution in [0.25, 0.3) is 11.0 Å². The maximum atomic E-state index is 11.7. The predicted octanol–water partition coefficient (Wildman–Crippen LogP) is 1.99. The van der Waals surface area contributed by atoms with Gasteiger partial charge in [-0.25, -0.2) is 9.97 Å². The van der Waals surface area contributed by atoms with E-state index in [0.717, 1.165) is 16.9 Å². The Morgan fingerprint density at radius 2 is 2.26 bits per heavy atom. The summed E-state index contributed by atoms with van der Waals surface area (Å²) >= 11 is 1.33. The van der Waals surface area contributed by atoms with E-state index in [2.05, 4.69) is 20.3 Å². The van der Waals surface area contributed by atoms with Gasteiger partial charge in [0, 0.05) is 24.5 Å². The quantitative estimate of drug-likeness (QED) is 0.763. The summed E-state index contributed by atoms with van der Waals surface area (Å²) in [6.07, 6.45) is 2.30. The number of imidazole rings is 1. The average molecular weight is 272 g/mol. The van der Waals surface area contributed by atoms with Crippen molar-refractivity contribution in [3.8, 4) is 0 Å². The number of rotatable bonds is 4. The van der Waals surface area contributed by atoms with Crippen LogP contribution in [0.1, 0.15) is 15.6 Å². The van der Waals surface area contributed by atoms with Gasteiger partial charge in [-0.15, -0.1) is 11.3 Å². The van der Waals surface area contributed by atoms with Gasteiger partial charge in [0.2, 0.25) is 0 Å². The fourth-order valence-corrected chi connectivity index (χ4v) is 2.38. The third-order valence-corrected chi connectivity index (χ3v) is 3.48. The zero-order chi connectivity index (χ0) is 13.1. The van der Waals surface area contributed by atoms with E-state index in [1.54, 1.807) is 11.6 Å². The van der Waals surface area contributed by atoms with Crippen LogP contribution in [0.2, 0.25) is 0 Å². The number of nitrogens with zero attached hydrogens (tertiary/aromatic N) is 2. The van der Waals surface area contributed by atoms with E-state index >= 15 is 0 Å². The molecule has 5 nitrogen and oxygen atoms in total. The van der Waals surface area contributed by atoms with E-state index in [-0.39, 0.29) is 5.91 Å². The zero-order valence-electron chi connectivity index (χ0n) is 10.1. The molecular weight excluding hydrogens is 260 g/mol. The molecule has 6 heteroatoms. The van der Waals surface area contributed by atoms with E-state index in [4.69, 9.17) is 0 Å². The van der Waals surface area contributed by atoms with Crippen LogP contribution in [-0.4, -0.2) is 27.4 Å². The maximum Gasteiger partial charge on any atom is 0.280 e. The molecule has 2 N–H and O–H groups in total. The number of amides is 1. The first-order valence-electron chi connectivity index (χ1n) is 5.94. The van der Waals surface area contributed by atoms with Crippen LogP contribution in [0.4, 0.5) is 0 Å². The Balaban J connectivity index is 1.59. The molecule has 3 aromatic rings. The summed E-state index contributed by atoms with van der Waals surface area (Å²) in [5, 5.41) is 5.10. The second-order valence-electron chi connectivity index (χ2n) is 4.04. The molecule has 0 fully saturated rings. The number of hydrogen-bond acceptors (Lipinski definition) is 4. The SMILES string of the molecule is O=C(NCCc1nc2ccccc2[nH]1)c1nccs1. The normalized spacial score (nSPS) is 10.7. The number of para-hydroxylation sites is 2. The minimum absolute atomic E-state index is 0.133. The minimum atomic E-state index is -0.133. The summed E-state index contributed by atoms with van der Waals surface area (Å²) in [5.41, 5.74) is 1.97. The third kappa shape index (κ3) is 2.63. The fraction of sp³-hybridized carbons (Fsp3) is 0.154. The molecule has 0 aliphatic rings. The van der Waals surface area contributed by atoms with Crippen molar-refractivity contribution in [3.05, 3.63) is 46.7 Å². The monoisotopic (exact) mass is 272 g/mol. The van der Waals surface area contributed by atoms with Gasteiger partial charge in [0.05, 0.1) is 11.0 Å². The van der Waals surface area contributed by atoms with Crippen LogP contribution < -0.4 is 5.32 Å². The summed E-state index contributed by atoms with van der Waals surface area (Å²) in [6, 6.07) is 7.87. The molecule has 0 spiro atoms. The number of nitrogens with one attached hydrogen (secondary N) is 2. The number of benzene rings is 1. The molecule has 0 radical (unpaired) electrons. The number of H-pyrrole nitrogens is 1. The molecule has 3 rings (SSSR count). The van der Waals surface area contributed by atoms with Crippen LogP contribution in [0.3, 0.4) is 0 Å². The van der Waals surface area contributed by atoms with E-state index in [1.165, 1.54) is 11.3 Å². The average Bonchev–Trinajstić information content (AvgIpc) is 3.07. The molecule has 0 bridgehead atoms. The molecule has 0 aliphatic carbocycles. The Hall–Kier alpha value is -2.21. The lowest BCUT2D eigenvalue weighted by Crippen LogP contribution is -2.25. The molecular formula is C13H12N4OS. The first-order chi connectivity index (χ1) is 9.33. The first-order valence-corrected chi connectivity index (χ1v) is 6.82. The van der Waals surface area contributed by atoms with E-state index in [1.807, 2.05) is 24.3 Å². The molecule has 1 aromatic carbocycles. The molecule has 0 aliphatic heterocycles. The third-order valence-electron chi connectivity index (χ3n) is 2.71. The summed E-state index contributed by atoms with van der Waals surface area (Å²) in [6.45, 7) is 0.540. The van der Waals surface area contributed by atoms with Crippen LogP contribution in [0.15, 0.2) is 35.8 Å². The molecule has 0 unspecified atom stereocenters. The number of carbonyl (C=O) groups excluding carboxylic acids is 1. The Morgan fingerprint density at radius 3 is 3.05 bits per heavy atom. The number of carbonyl (C=O) groups is 1. The molecule has 0 atom stereocenters. The number of thiazole rings is 1. The van der Waals surface area contributed by atoms with Crippen molar-refractivity contribution in [2.24, 2.45) is 0 Å². The van der Waals surface area contributed by atoms with Crippen LogP contribution in [0.5, 0.6) is 0 Å². The first kappa shape index (κ1) is 11.9. The van der Waals surface area contributed by atoms with Gasteiger partial charge in [0.15, 0.2) is 5.01 Å². The zero-order valence-corrected chi connectivity index (χ0v) is 10.9. The highest BCUT2D eigenvalue weighted by Gasteiger charge is 2.08. The molecule has 2 aromatic heterocycles. The summed E-state index contributed by atoms with van der Waals surface area (Å²) in [7, 11) is 0. The lowest BCUT2D eigenvalue weighted by atomic mass is 10.3. The second kappa shape index (κ2) is 5.19. The lowest BCUT2D eigenvalue weighted by Gasteiger charge is -2.00. The molecule has 96 valence electrons. The fourth-order valence-electron chi connectivity index (χ4n) is 1.83. The molecule has 2 heterocycles. The van der Waals surface area contributed by atoms with Gasteiger partial charge in [0.25, 0.3) is 5.91 Å². The molecule has 0 saturated carbocycles. The van der Waals surface area contributed by atoms with Gasteiger partial charge < -0.3 is 10.3 Å².